The van der Waals surface area contributed by atoms with Crippen LogP contribution in [-0.4, -0.2) is 30.4 Å². The maximum absolute atomic E-state index is 12.7. The molecular weight excluding hydrogens is 248 g/mol. The molecule has 0 aromatic heterocycles. The average Bonchev–Trinajstić information content (AvgIpc) is 2.47. The van der Waals surface area contributed by atoms with Crippen molar-refractivity contribution < 1.29 is 4.79 Å². The van der Waals surface area contributed by atoms with Gasteiger partial charge in [0.25, 0.3) is 5.91 Å². The Morgan fingerprint density at radius 3 is 2.85 bits per heavy atom. The third-order valence-electron chi connectivity index (χ3n) is 4.22. The molecule has 1 N–H and O–H groups in total. The predicted molar refractivity (Wildman–Crippen MR) is 84.3 cm³/mol. The van der Waals surface area contributed by atoms with E-state index in [2.05, 4.69) is 25.2 Å². The first-order valence-corrected chi connectivity index (χ1v) is 7.79. The molecule has 0 bridgehead atoms. The van der Waals surface area contributed by atoms with E-state index in [-0.39, 0.29) is 5.91 Å². The number of amides is 1. The number of nitrogens with zero attached hydrogens (tertiary/aromatic N) is 1. The molecule has 0 radical (unpaired) electrons. The number of hydrogen-bond donors (Lipinski definition) is 1. The highest BCUT2D eigenvalue weighted by Gasteiger charge is 2.24. The average molecular weight is 274 g/mol. The van der Waals surface area contributed by atoms with Crippen molar-refractivity contribution in [2.75, 3.05) is 25.0 Å². The van der Waals surface area contributed by atoms with E-state index >= 15 is 0 Å². The van der Waals surface area contributed by atoms with E-state index in [0.29, 0.717) is 5.92 Å². The number of piperidine rings is 1. The lowest BCUT2D eigenvalue weighted by atomic mass is 9.94. The number of carbonyl (C=O) groups is 1. The van der Waals surface area contributed by atoms with Gasteiger partial charge in [0.1, 0.15) is 0 Å². The summed E-state index contributed by atoms with van der Waals surface area (Å²) >= 11 is 0. The van der Waals surface area contributed by atoms with Gasteiger partial charge in [0, 0.05) is 30.9 Å². The van der Waals surface area contributed by atoms with E-state index in [4.69, 9.17) is 0 Å². The van der Waals surface area contributed by atoms with E-state index < -0.39 is 0 Å². The molecule has 1 amide bonds. The summed E-state index contributed by atoms with van der Waals surface area (Å²) in [6, 6.07) is 6.04. The number of carbonyl (C=O) groups excluding carboxylic acids is 1. The van der Waals surface area contributed by atoms with Crippen LogP contribution in [0, 0.1) is 12.8 Å². The van der Waals surface area contributed by atoms with Gasteiger partial charge in [-0.1, -0.05) is 13.3 Å². The Morgan fingerprint density at radius 1 is 1.40 bits per heavy atom. The zero-order valence-electron chi connectivity index (χ0n) is 12.9. The van der Waals surface area contributed by atoms with Gasteiger partial charge in [0.2, 0.25) is 0 Å². The Balaban J connectivity index is 2.12. The molecule has 3 nitrogen and oxygen atoms in total. The fourth-order valence-corrected chi connectivity index (χ4v) is 2.97. The minimum absolute atomic E-state index is 0.198. The third-order valence-corrected chi connectivity index (χ3v) is 4.22. The van der Waals surface area contributed by atoms with Crippen molar-refractivity contribution in [1.29, 1.82) is 0 Å². The summed E-state index contributed by atoms with van der Waals surface area (Å²) in [4.78, 5) is 14.7. The van der Waals surface area contributed by atoms with E-state index in [1.54, 1.807) is 0 Å². The molecule has 1 unspecified atom stereocenters. The lowest BCUT2D eigenvalue weighted by Gasteiger charge is -2.32. The van der Waals surface area contributed by atoms with Gasteiger partial charge in [0.15, 0.2) is 0 Å². The van der Waals surface area contributed by atoms with Crippen LogP contribution in [0.2, 0.25) is 0 Å². The topological polar surface area (TPSA) is 32.3 Å². The summed E-state index contributed by atoms with van der Waals surface area (Å²) < 4.78 is 0. The number of nitrogens with one attached hydrogen (secondary N) is 1. The number of likely N-dealkylation sites (tertiary alicyclic amines) is 1. The summed E-state index contributed by atoms with van der Waals surface area (Å²) in [6.07, 6.45) is 3.57. The Hall–Kier alpha value is -1.51. The zero-order chi connectivity index (χ0) is 14.5. The summed E-state index contributed by atoms with van der Waals surface area (Å²) in [5, 5.41) is 3.29. The lowest BCUT2D eigenvalue weighted by Crippen LogP contribution is -2.40. The highest BCUT2D eigenvalue weighted by Crippen LogP contribution is 2.23. The summed E-state index contributed by atoms with van der Waals surface area (Å²) in [5.74, 6) is 0.873. The number of anilines is 1. The van der Waals surface area contributed by atoms with Gasteiger partial charge in [-0.15, -0.1) is 0 Å². The van der Waals surface area contributed by atoms with Gasteiger partial charge in [-0.2, -0.15) is 0 Å². The van der Waals surface area contributed by atoms with Crippen molar-refractivity contribution in [1.82, 2.24) is 4.90 Å². The number of benzene rings is 1. The first-order valence-electron chi connectivity index (χ1n) is 7.79. The molecule has 1 aliphatic heterocycles. The van der Waals surface area contributed by atoms with Crippen LogP contribution in [0.15, 0.2) is 18.2 Å². The van der Waals surface area contributed by atoms with E-state index in [1.165, 1.54) is 12.8 Å². The van der Waals surface area contributed by atoms with Gasteiger partial charge in [-0.05, 0) is 56.4 Å². The molecular formula is C17H26N2O. The van der Waals surface area contributed by atoms with Crippen molar-refractivity contribution >= 4 is 11.6 Å². The monoisotopic (exact) mass is 274 g/mol. The van der Waals surface area contributed by atoms with Crippen molar-refractivity contribution in [3.8, 4) is 0 Å². The molecule has 3 heteroatoms. The molecule has 1 aromatic rings. The Bertz CT molecular complexity index is 470. The summed E-state index contributed by atoms with van der Waals surface area (Å²) in [6.45, 7) is 9.04. The Labute approximate surface area is 122 Å². The molecule has 0 saturated carbocycles. The van der Waals surface area contributed by atoms with Crippen LogP contribution in [0.5, 0.6) is 0 Å². The van der Waals surface area contributed by atoms with Crippen LogP contribution in [0.25, 0.3) is 0 Å². The van der Waals surface area contributed by atoms with Crippen LogP contribution in [0.3, 0.4) is 0 Å². The number of rotatable bonds is 4. The number of aryl methyl sites for hydroxylation is 1. The summed E-state index contributed by atoms with van der Waals surface area (Å²) in [7, 11) is 0. The molecule has 2 rings (SSSR count). The highest BCUT2D eigenvalue weighted by atomic mass is 16.2. The van der Waals surface area contributed by atoms with E-state index in [1.807, 2.05) is 24.0 Å². The summed E-state index contributed by atoms with van der Waals surface area (Å²) in [5.41, 5.74) is 3.00. The molecule has 1 fully saturated rings. The van der Waals surface area contributed by atoms with Gasteiger partial charge < -0.3 is 10.2 Å². The van der Waals surface area contributed by atoms with Gasteiger partial charge >= 0.3 is 0 Å². The van der Waals surface area contributed by atoms with Gasteiger partial charge in [-0.3, -0.25) is 4.79 Å². The maximum Gasteiger partial charge on any atom is 0.254 e. The standard InChI is InChI=1S/C17H26N2O/c1-4-14-7-6-10-19(12-14)17(20)16-9-8-15(18-5-2)11-13(16)3/h8-9,11,14,18H,4-7,10,12H2,1-3H3. The second-order valence-electron chi connectivity index (χ2n) is 5.73. The smallest absolute Gasteiger partial charge is 0.254 e. The molecule has 1 saturated heterocycles. The second-order valence-corrected chi connectivity index (χ2v) is 5.73. The van der Waals surface area contributed by atoms with Crippen LogP contribution >= 0.6 is 0 Å². The van der Waals surface area contributed by atoms with E-state index in [0.717, 1.165) is 42.9 Å². The minimum Gasteiger partial charge on any atom is -0.385 e. The largest absolute Gasteiger partial charge is 0.385 e. The van der Waals surface area contributed by atoms with E-state index in [9.17, 15) is 4.79 Å². The van der Waals surface area contributed by atoms with Gasteiger partial charge in [-0.25, -0.2) is 0 Å². The molecule has 110 valence electrons. The van der Waals surface area contributed by atoms with Crippen LogP contribution in [0.4, 0.5) is 5.69 Å². The third kappa shape index (κ3) is 3.33. The predicted octanol–water partition coefficient (Wildman–Crippen LogP) is 3.69. The Morgan fingerprint density at radius 2 is 2.20 bits per heavy atom. The number of hydrogen-bond acceptors (Lipinski definition) is 2. The second kappa shape index (κ2) is 6.78. The SMILES string of the molecule is CCNc1ccc(C(=O)N2CCCC(CC)C2)c(C)c1. The maximum atomic E-state index is 12.7. The molecule has 1 heterocycles. The van der Waals surface area contributed by atoms with Crippen molar-refractivity contribution in [2.45, 2.75) is 40.0 Å². The zero-order valence-corrected chi connectivity index (χ0v) is 12.9. The quantitative estimate of drug-likeness (QED) is 0.908. The van der Waals surface area contributed by atoms with Crippen molar-refractivity contribution in [2.24, 2.45) is 5.92 Å². The van der Waals surface area contributed by atoms with Gasteiger partial charge in [0.05, 0.1) is 0 Å². The molecule has 1 atom stereocenters. The van der Waals surface area contributed by atoms with Crippen molar-refractivity contribution in [3.05, 3.63) is 29.3 Å². The Kier molecular flexibility index (Phi) is 5.05. The molecule has 0 aliphatic carbocycles. The first kappa shape index (κ1) is 14.9. The molecule has 20 heavy (non-hydrogen) atoms. The van der Waals surface area contributed by atoms with Crippen molar-refractivity contribution in [3.63, 3.8) is 0 Å². The first-order chi connectivity index (χ1) is 9.65. The fourth-order valence-electron chi connectivity index (χ4n) is 2.97. The molecule has 0 spiro atoms. The van der Waals surface area contributed by atoms with Crippen LogP contribution in [-0.2, 0) is 0 Å². The van der Waals surface area contributed by atoms with Crippen LogP contribution in [0.1, 0.15) is 49.0 Å². The van der Waals surface area contributed by atoms with Crippen LogP contribution < -0.4 is 5.32 Å². The minimum atomic E-state index is 0.198. The lowest BCUT2D eigenvalue weighted by molar-refractivity contribution is 0.0670. The molecule has 1 aliphatic rings. The molecule has 1 aromatic carbocycles. The highest BCUT2D eigenvalue weighted by molar-refractivity contribution is 5.96. The fraction of sp³-hybridized carbons (Fsp3) is 0.588. The normalized spacial score (nSPS) is 18.9.